The number of piperazine rings is 1. The number of sulfonamides is 1. The lowest BCUT2D eigenvalue weighted by Crippen LogP contribution is -2.48. The molecule has 1 aliphatic carbocycles. The van der Waals surface area contributed by atoms with E-state index in [-0.39, 0.29) is 10.8 Å². The van der Waals surface area contributed by atoms with Gasteiger partial charge >= 0.3 is 0 Å². The average Bonchev–Trinajstić information content (AvgIpc) is 3.41. The molecule has 0 radical (unpaired) electrons. The zero-order valence-corrected chi connectivity index (χ0v) is 16.5. The Balaban J connectivity index is 1.43. The Morgan fingerprint density at radius 3 is 2.56 bits per heavy atom. The second-order valence-electron chi connectivity index (χ2n) is 7.53. The highest BCUT2D eigenvalue weighted by molar-refractivity contribution is 7.89. The molecule has 0 atom stereocenters. The summed E-state index contributed by atoms with van der Waals surface area (Å²) in [6.45, 7) is 3.85. The van der Waals surface area contributed by atoms with Gasteiger partial charge in [0.1, 0.15) is 5.82 Å². The molecule has 1 saturated carbocycles. The van der Waals surface area contributed by atoms with Crippen LogP contribution in [0.3, 0.4) is 0 Å². The Labute approximate surface area is 159 Å². The van der Waals surface area contributed by atoms with E-state index >= 15 is 0 Å². The lowest BCUT2D eigenvalue weighted by atomic mass is 10.2. The minimum Gasteiger partial charge on any atom is -0.341 e. The van der Waals surface area contributed by atoms with E-state index < -0.39 is 10.0 Å². The fourth-order valence-corrected chi connectivity index (χ4v) is 4.34. The van der Waals surface area contributed by atoms with Crippen molar-refractivity contribution in [2.45, 2.75) is 24.3 Å². The number of nitrogens with one attached hydrogen (secondary N) is 1. The highest BCUT2D eigenvalue weighted by Gasteiger charge is 2.34. The Morgan fingerprint density at radius 1 is 1.22 bits per heavy atom. The zero-order valence-electron chi connectivity index (χ0n) is 15.7. The van der Waals surface area contributed by atoms with Gasteiger partial charge in [-0.3, -0.25) is 9.69 Å². The van der Waals surface area contributed by atoms with Crippen LogP contribution in [0.4, 0.5) is 0 Å². The van der Waals surface area contributed by atoms with Crippen molar-refractivity contribution in [1.29, 1.82) is 0 Å². The molecule has 2 aromatic rings. The first-order valence-electron chi connectivity index (χ1n) is 9.27. The predicted molar refractivity (Wildman–Crippen MR) is 102 cm³/mol. The topological polar surface area (TPSA) is 89.6 Å². The van der Waals surface area contributed by atoms with Gasteiger partial charge in [-0.1, -0.05) is 0 Å². The number of aromatic nitrogens is 2. The molecule has 4 rings (SSSR count). The summed E-state index contributed by atoms with van der Waals surface area (Å²) in [6.07, 6.45) is 2.09. The monoisotopic (exact) mass is 391 g/mol. The normalized spacial score (nSPS) is 19.1. The van der Waals surface area contributed by atoms with Gasteiger partial charge in [0.2, 0.25) is 15.9 Å². The molecule has 27 heavy (non-hydrogen) atoms. The molecule has 1 saturated heterocycles. The molecular formula is C18H25N5O3S. The van der Waals surface area contributed by atoms with E-state index in [1.165, 1.54) is 18.4 Å². The van der Waals surface area contributed by atoms with Crippen molar-refractivity contribution in [3.63, 3.8) is 0 Å². The van der Waals surface area contributed by atoms with Crippen LogP contribution in [-0.4, -0.2) is 78.7 Å². The van der Waals surface area contributed by atoms with Gasteiger partial charge in [-0.2, -0.15) is 0 Å². The number of nitrogens with zero attached hydrogens (tertiary/aromatic N) is 4. The lowest BCUT2D eigenvalue weighted by Gasteiger charge is -2.34. The highest BCUT2D eigenvalue weighted by atomic mass is 32.2. The van der Waals surface area contributed by atoms with E-state index in [9.17, 15) is 13.2 Å². The number of H-pyrrole nitrogens is 1. The third-order valence-electron chi connectivity index (χ3n) is 5.26. The maximum atomic E-state index is 12.3. The molecule has 0 unspecified atom stereocenters. The lowest BCUT2D eigenvalue weighted by molar-refractivity contribution is -0.134. The molecule has 0 spiro atoms. The quantitative estimate of drug-likeness (QED) is 0.817. The number of carbonyl (C=O) groups excluding carboxylic acids is 1. The number of imidazole rings is 1. The minimum atomic E-state index is -3.46. The molecule has 1 N–H and O–H groups in total. The Kier molecular flexibility index (Phi) is 4.69. The van der Waals surface area contributed by atoms with Crippen LogP contribution < -0.4 is 0 Å². The van der Waals surface area contributed by atoms with Gasteiger partial charge in [0.05, 0.1) is 22.5 Å². The number of aromatic amines is 1. The first-order chi connectivity index (χ1) is 12.8. The van der Waals surface area contributed by atoms with Gasteiger partial charge in [0.25, 0.3) is 0 Å². The number of rotatable bonds is 5. The molecule has 2 aliphatic rings. The summed E-state index contributed by atoms with van der Waals surface area (Å²) in [5, 5.41) is 0. The van der Waals surface area contributed by atoms with Crippen molar-refractivity contribution in [1.82, 2.24) is 24.1 Å². The summed E-state index contributed by atoms with van der Waals surface area (Å²) in [5.74, 6) is 1.40. The maximum absolute atomic E-state index is 12.3. The Morgan fingerprint density at radius 2 is 1.93 bits per heavy atom. The van der Waals surface area contributed by atoms with Crippen LogP contribution in [0.5, 0.6) is 0 Å². The fraction of sp³-hybridized carbons (Fsp3) is 0.556. The molecule has 8 nitrogen and oxygen atoms in total. The van der Waals surface area contributed by atoms with E-state index in [4.69, 9.17) is 0 Å². The minimum absolute atomic E-state index is 0.252. The fourth-order valence-electron chi connectivity index (χ4n) is 3.41. The molecule has 9 heteroatoms. The van der Waals surface area contributed by atoms with Gasteiger partial charge in [-0.15, -0.1) is 0 Å². The van der Waals surface area contributed by atoms with E-state index in [2.05, 4.69) is 14.9 Å². The van der Waals surface area contributed by atoms with Crippen LogP contribution in [0.1, 0.15) is 18.7 Å². The van der Waals surface area contributed by atoms with Gasteiger partial charge in [-0.05, 0) is 31.0 Å². The van der Waals surface area contributed by atoms with Crippen molar-refractivity contribution >= 4 is 27.0 Å². The molecule has 146 valence electrons. The molecule has 1 aromatic heterocycles. The summed E-state index contributed by atoms with van der Waals surface area (Å²) in [7, 11) is -0.426. The van der Waals surface area contributed by atoms with Crippen molar-refractivity contribution in [3.8, 4) is 0 Å². The molecule has 1 aliphatic heterocycles. The van der Waals surface area contributed by atoms with Crippen LogP contribution in [0.2, 0.25) is 0 Å². The van der Waals surface area contributed by atoms with Crippen molar-refractivity contribution < 1.29 is 13.2 Å². The number of benzene rings is 1. The van der Waals surface area contributed by atoms with E-state index in [1.54, 1.807) is 18.2 Å². The van der Waals surface area contributed by atoms with Crippen LogP contribution in [0.25, 0.3) is 11.0 Å². The molecule has 1 amide bonds. The summed E-state index contributed by atoms with van der Waals surface area (Å²) < 4.78 is 25.8. The smallest absolute Gasteiger partial charge is 0.242 e. The van der Waals surface area contributed by atoms with E-state index in [1.807, 2.05) is 4.90 Å². The largest absolute Gasteiger partial charge is 0.341 e. The summed E-state index contributed by atoms with van der Waals surface area (Å²) >= 11 is 0. The molecule has 1 aromatic carbocycles. The molecule has 2 fully saturated rings. The highest BCUT2D eigenvalue weighted by Crippen LogP contribution is 2.31. The first-order valence-corrected chi connectivity index (χ1v) is 10.7. The maximum Gasteiger partial charge on any atom is 0.242 e. The van der Waals surface area contributed by atoms with Crippen LogP contribution >= 0.6 is 0 Å². The van der Waals surface area contributed by atoms with Crippen LogP contribution in [-0.2, 0) is 21.4 Å². The summed E-state index contributed by atoms with van der Waals surface area (Å²) in [4.78, 5) is 24.5. The third kappa shape index (κ3) is 3.71. The summed E-state index contributed by atoms with van der Waals surface area (Å²) in [6, 6.07) is 4.95. The SMILES string of the molecule is CN(C)S(=O)(=O)c1ccc2nc(CN3CCN(C(=O)C4CC4)CC3)[nH]c2c1. The number of carbonyl (C=O) groups is 1. The number of hydrogen-bond donors (Lipinski definition) is 1. The number of fused-ring (bicyclic) bond motifs is 1. The van der Waals surface area contributed by atoms with E-state index in [0.717, 1.165) is 55.9 Å². The van der Waals surface area contributed by atoms with Crippen molar-refractivity contribution in [2.24, 2.45) is 5.92 Å². The van der Waals surface area contributed by atoms with Crippen molar-refractivity contribution in [2.75, 3.05) is 40.3 Å². The van der Waals surface area contributed by atoms with Gasteiger partial charge in [-0.25, -0.2) is 17.7 Å². The Bertz CT molecular complexity index is 957. The number of hydrogen-bond acceptors (Lipinski definition) is 5. The Hall–Kier alpha value is -1.97. The average molecular weight is 391 g/mol. The predicted octanol–water partition coefficient (Wildman–Crippen LogP) is 0.867. The number of amides is 1. The van der Waals surface area contributed by atoms with Gasteiger partial charge in [0.15, 0.2) is 0 Å². The second-order valence-corrected chi connectivity index (χ2v) is 9.68. The standard InChI is InChI=1S/C18H25N5O3S/c1-21(2)27(25,26)14-5-6-15-16(11-14)20-17(19-15)12-22-7-9-23(10-8-22)18(24)13-3-4-13/h5-6,11,13H,3-4,7-10,12H2,1-2H3,(H,19,20). The first kappa shape index (κ1) is 18.4. The molecule has 0 bridgehead atoms. The second kappa shape index (κ2) is 6.88. The third-order valence-corrected chi connectivity index (χ3v) is 7.08. The van der Waals surface area contributed by atoms with Gasteiger partial charge < -0.3 is 9.88 Å². The van der Waals surface area contributed by atoms with Crippen molar-refractivity contribution in [3.05, 3.63) is 24.0 Å². The zero-order chi connectivity index (χ0) is 19.2. The summed E-state index contributed by atoms with van der Waals surface area (Å²) in [5.41, 5.74) is 1.47. The van der Waals surface area contributed by atoms with Gasteiger partial charge in [0, 0.05) is 46.2 Å². The van der Waals surface area contributed by atoms with Crippen LogP contribution in [0, 0.1) is 5.92 Å². The van der Waals surface area contributed by atoms with E-state index in [0.29, 0.717) is 12.5 Å². The van der Waals surface area contributed by atoms with Crippen LogP contribution in [0.15, 0.2) is 23.1 Å². The molecular weight excluding hydrogens is 366 g/mol. The molecule has 2 heterocycles.